The Balaban J connectivity index is 2.01. The van der Waals surface area contributed by atoms with E-state index in [2.05, 4.69) is 40.3 Å². The van der Waals surface area contributed by atoms with Gasteiger partial charge in [0.25, 0.3) is 0 Å². The van der Waals surface area contributed by atoms with E-state index in [0.717, 1.165) is 5.52 Å². The quantitative estimate of drug-likeness (QED) is 0.344. The lowest BCUT2D eigenvalue weighted by Crippen LogP contribution is -2.17. The average Bonchev–Trinajstić information content (AvgIpc) is 2.96. The molecule has 0 aliphatic carbocycles. The summed E-state index contributed by atoms with van der Waals surface area (Å²) in [5, 5.41) is 1.15. The zero-order valence-electron chi connectivity index (χ0n) is 11.3. The van der Waals surface area contributed by atoms with Crippen molar-refractivity contribution in [2.45, 2.75) is 10.2 Å². The molecule has 0 amide bonds. The van der Waals surface area contributed by atoms with Crippen molar-refractivity contribution < 1.29 is 0 Å². The minimum absolute atomic E-state index is 0.283. The third kappa shape index (κ3) is 2.68. The van der Waals surface area contributed by atoms with Crippen LogP contribution in [0.1, 0.15) is 0 Å². The standard InChI is InChI=1S/C10H12N10S/c1-20(2)9-16-8(19-11)17-10(18-9)21-7-5-6(13-3-12-5)14-4-15-7/h3-4H,11H2,1-2H3,(H,12,13,14,15)(H,16,17,18,19). The Morgan fingerprint density at radius 3 is 2.81 bits per heavy atom. The molecule has 3 heterocycles. The van der Waals surface area contributed by atoms with Gasteiger partial charge in [0.1, 0.15) is 16.9 Å². The van der Waals surface area contributed by atoms with Crippen LogP contribution in [0.3, 0.4) is 0 Å². The van der Waals surface area contributed by atoms with E-state index in [1.54, 1.807) is 11.2 Å². The molecule has 3 aromatic heterocycles. The van der Waals surface area contributed by atoms with Crippen LogP contribution in [0.5, 0.6) is 0 Å². The highest BCUT2D eigenvalue weighted by molar-refractivity contribution is 7.99. The Morgan fingerprint density at radius 1 is 1.19 bits per heavy atom. The molecule has 0 fully saturated rings. The number of aromatic nitrogens is 7. The molecule has 0 saturated heterocycles. The first-order valence-electron chi connectivity index (χ1n) is 5.89. The van der Waals surface area contributed by atoms with E-state index in [4.69, 9.17) is 5.84 Å². The van der Waals surface area contributed by atoms with Crippen LogP contribution in [0.15, 0.2) is 22.8 Å². The molecule has 0 atom stereocenters. The molecule has 0 spiro atoms. The predicted molar refractivity (Wildman–Crippen MR) is 77.8 cm³/mol. The van der Waals surface area contributed by atoms with Gasteiger partial charge >= 0.3 is 0 Å². The van der Waals surface area contributed by atoms with Gasteiger partial charge in [0.2, 0.25) is 17.1 Å². The Labute approximate surface area is 123 Å². The van der Waals surface area contributed by atoms with Gasteiger partial charge < -0.3 is 9.88 Å². The van der Waals surface area contributed by atoms with Gasteiger partial charge in [-0.1, -0.05) is 0 Å². The van der Waals surface area contributed by atoms with E-state index >= 15 is 0 Å². The van der Waals surface area contributed by atoms with Crippen molar-refractivity contribution in [3.8, 4) is 0 Å². The number of aromatic amines is 1. The number of nitrogen functional groups attached to an aromatic ring is 1. The van der Waals surface area contributed by atoms with Crippen LogP contribution >= 0.6 is 11.8 Å². The van der Waals surface area contributed by atoms with Gasteiger partial charge in [0.05, 0.1) is 6.33 Å². The lowest BCUT2D eigenvalue weighted by atomic mass is 10.6. The zero-order valence-corrected chi connectivity index (χ0v) is 12.1. The predicted octanol–water partition coefficient (Wildman–Crippen LogP) is 0.0407. The van der Waals surface area contributed by atoms with Crippen LogP contribution in [0.2, 0.25) is 0 Å². The first-order valence-corrected chi connectivity index (χ1v) is 6.71. The van der Waals surface area contributed by atoms with Gasteiger partial charge in [0, 0.05) is 14.1 Å². The number of nitrogens with zero attached hydrogens (tertiary/aromatic N) is 7. The number of hydrogen-bond donors (Lipinski definition) is 3. The van der Waals surface area contributed by atoms with E-state index in [0.29, 0.717) is 21.8 Å². The summed E-state index contributed by atoms with van der Waals surface area (Å²) < 4.78 is 0. The monoisotopic (exact) mass is 304 g/mol. The minimum Gasteiger partial charge on any atom is -0.347 e. The number of nitrogens with one attached hydrogen (secondary N) is 2. The highest BCUT2D eigenvalue weighted by Crippen LogP contribution is 2.28. The summed E-state index contributed by atoms with van der Waals surface area (Å²) in [5.74, 6) is 6.16. The molecule has 0 aliphatic rings. The second kappa shape index (κ2) is 5.46. The zero-order chi connectivity index (χ0) is 14.8. The SMILES string of the molecule is CN(C)c1nc(NN)nc(Sc2ncnc3nc[nH]c23)n1. The smallest absolute Gasteiger partial charge is 0.242 e. The number of hydrogen-bond acceptors (Lipinski definition) is 10. The molecule has 0 saturated carbocycles. The van der Waals surface area contributed by atoms with Crippen LogP contribution in [-0.4, -0.2) is 49.0 Å². The maximum absolute atomic E-state index is 5.38. The van der Waals surface area contributed by atoms with Crippen molar-refractivity contribution >= 4 is 34.8 Å². The fourth-order valence-corrected chi connectivity index (χ4v) is 2.35. The van der Waals surface area contributed by atoms with E-state index in [-0.39, 0.29) is 5.95 Å². The summed E-state index contributed by atoms with van der Waals surface area (Å²) in [6, 6.07) is 0. The molecule has 0 unspecified atom stereocenters. The van der Waals surface area contributed by atoms with Crippen molar-refractivity contribution in [2.24, 2.45) is 5.84 Å². The molecule has 0 aromatic carbocycles. The van der Waals surface area contributed by atoms with Gasteiger partial charge in [-0.15, -0.1) is 0 Å². The summed E-state index contributed by atoms with van der Waals surface area (Å²) in [7, 11) is 3.67. The summed E-state index contributed by atoms with van der Waals surface area (Å²) >= 11 is 1.28. The van der Waals surface area contributed by atoms with Gasteiger partial charge in [-0.3, -0.25) is 5.43 Å². The Morgan fingerprint density at radius 2 is 2.05 bits per heavy atom. The first-order chi connectivity index (χ1) is 10.2. The van der Waals surface area contributed by atoms with Crippen molar-refractivity contribution in [3.63, 3.8) is 0 Å². The third-order valence-corrected chi connectivity index (χ3v) is 3.38. The molecule has 21 heavy (non-hydrogen) atoms. The van der Waals surface area contributed by atoms with Gasteiger partial charge in [-0.25, -0.2) is 20.8 Å². The molecular formula is C10H12N10S. The Kier molecular flexibility index (Phi) is 3.50. The molecule has 11 heteroatoms. The molecule has 3 rings (SSSR count). The van der Waals surface area contributed by atoms with Gasteiger partial charge in [-0.05, 0) is 11.8 Å². The summed E-state index contributed by atoms with van der Waals surface area (Å²) in [6.45, 7) is 0. The molecule has 4 N–H and O–H groups in total. The lowest BCUT2D eigenvalue weighted by Gasteiger charge is -2.11. The van der Waals surface area contributed by atoms with Crippen molar-refractivity contribution in [1.82, 2.24) is 34.9 Å². The summed E-state index contributed by atoms with van der Waals surface area (Å²) in [6.07, 6.45) is 3.01. The van der Waals surface area contributed by atoms with E-state index in [1.165, 1.54) is 18.1 Å². The number of imidazole rings is 1. The first kappa shape index (κ1) is 13.5. The van der Waals surface area contributed by atoms with Crippen LogP contribution < -0.4 is 16.2 Å². The lowest BCUT2D eigenvalue weighted by molar-refractivity contribution is 0.864. The fourth-order valence-electron chi connectivity index (χ4n) is 1.56. The van der Waals surface area contributed by atoms with Gasteiger partial charge in [-0.2, -0.15) is 15.0 Å². The highest BCUT2D eigenvalue weighted by atomic mass is 32.2. The number of rotatable bonds is 4. The number of H-pyrrole nitrogens is 1. The maximum Gasteiger partial charge on any atom is 0.242 e. The highest BCUT2D eigenvalue weighted by Gasteiger charge is 2.13. The second-order valence-corrected chi connectivity index (χ2v) is 5.12. The average molecular weight is 304 g/mol. The van der Waals surface area contributed by atoms with Crippen LogP contribution in [-0.2, 0) is 0 Å². The molecule has 3 aromatic rings. The number of fused-ring (bicyclic) bond motifs is 1. The molecule has 0 aliphatic heterocycles. The van der Waals surface area contributed by atoms with Crippen molar-refractivity contribution in [2.75, 3.05) is 24.4 Å². The summed E-state index contributed by atoms with van der Waals surface area (Å²) in [4.78, 5) is 29.8. The van der Waals surface area contributed by atoms with Crippen LogP contribution in [0.4, 0.5) is 11.9 Å². The molecule has 0 bridgehead atoms. The Bertz CT molecular complexity index is 769. The molecular weight excluding hydrogens is 292 g/mol. The molecule has 10 nitrogen and oxygen atoms in total. The van der Waals surface area contributed by atoms with Gasteiger partial charge in [0.15, 0.2) is 5.65 Å². The van der Waals surface area contributed by atoms with Crippen molar-refractivity contribution in [1.29, 1.82) is 0 Å². The second-order valence-electron chi connectivity index (χ2n) is 4.16. The minimum atomic E-state index is 0.283. The molecule has 108 valence electrons. The number of hydrazine groups is 1. The topological polar surface area (TPSA) is 134 Å². The Hall–Kier alpha value is -2.53. The van der Waals surface area contributed by atoms with Crippen LogP contribution in [0.25, 0.3) is 11.2 Å². The maximum atomic E-state index is 5.38. The third-order valence-electron chi connectivity index (χ3n) is 2.51. The number of nitrogens with two attached hydrogens (primary N) is 1. The van der Waals surface area contributed by atoms with E-state index in [9.17, 15) is 0 Å². The fraction of sp³-hybridized carbons (Fsp3) is 0.200. The van der Waals surface area contributed by atoms with E-state index in [1.807, 2.05) is 14.1 Å². The van der Waals surface area contributed by atoms with Crippen LogP contribution in [0, 0.1) is 0 Å². The molecule has 0 radical (unpaired) electrons. The van der Waals surface area contributed by atoms with Crippen molar-refractivity contribution in [3.05, 3.63) is 12.7 Å². The summed E-state index contributed by atoms with van der Waals surface area (Å²) in [5.41, 5.74) is 3.75. The normalized spacial score (nSPS) is 10.8. The largest absolute Gasteiger partial charge is 0.347 e. The number of anilines is 2. The van der Waals surface area contributed by atoms with E-state index < -0.39 is 0 Å².